The van der Waals surface area contributed by atoms with E-state index in [9.17, 15) is 9.59 Å². The van der Waals surface area contributed by atoms with Crippen LogP contribution in [0.15, 0.2) is 82.6 Å². The van der Waals surface area contributed by atoms with Crippen LogP contribution in [-0.4, -0.2) is 18.9 Å². The first-order valence-electron chi connectivity index (χ1n) is 9.14. The number of carbonyl (C=O) groups is 2. The number of benzene rings is 3. The van der Waals surface area contributed by atoms with E-state index < -0.39 is 0 Å². The van der Waals surface area contributed by atoms with Crippen molar-refractivity contribution < 1.29 is 9.59 Å². The summed E-state index contributed by atoms with van der Waals surface area (Å²) in [5.74, 6) is -0.0863. The number of carbonyl (C=O) groups excluding carboxylic acids is 2. The zero-order valence-corrected chi connectivity index (χ0v) is 16.3. The van der Waals surface area contributed by atoms with E-state index in [4.69, 9.17) is 0 Å². The van der Waals surface area contributed by atoms with E-state index in [2.05, 4.69) is 5.32 Å². The number of anilines is 2. The van der Waals surface area contributed by atoms with Crippen molar-refractivity contribution >= 4 is 35.0 Å². The lowest BCUT2D eigenvalue weighted by Crippen LogP contribution is -2.26. The minimum atomic E-state index is -0.0468. The van der Waals surface area contributed by atoms with Crippen LogP contribution < -0.4 is 10.2 Å². The summed E-state index contributed by atoms with van der Waals surface area (Å²) in [5.41, 5.74) is 3.33. The second-order valence-electron chi connectivity index (χ2n) is 6.68. The predicted octanol–water partition coefficient (Wildman–Crippen LogP) is 5.00. The van der Waals surface area contributed by atoms with E-state index in [1.165, 1.54) is 0 Å². The average Bonchev–Trinajstić information content (AvgIpc) is 2.83. The van der Waals surface area contributed by atoms with E-state index in [-0.39, 0.29) is 11.8 Å². The predicted molar refractivity (Wildman–Crippen MR) is 113 cm³/mol. The Morgan fingerprint density at radius 2 is 1.71 bits per heavy atom. The number of rotatable bonds is 4. The molecule has 3 aromatic rings. The normalized spacial score (nSPS) is 12.8. The first-order chi connectivity index (χ1) is 13.6. The van der Waals surface area contributed by atoms with E-state index in [1.807, 2.05) is 72.8 Å². The van der Waals surface area contributed by atoms with Crippen LogP contribution in [-0.2, 0) is 11.2 Å². The Hall–Kier alpha value is -3.05. The monoisotopic (exact) mass is 388 g/mol. The molecule has 0 aromatic heterocycles. The van der Waals surface area contributed by atoms with E-state index in [0.29, 0.717) is 24.1 Å². The molecular weight excluding hydrogens is 368 g/mol. The Balaban J connectivity index is 1.51. The number of nitrogens with zero attached hydrogens (tertiary/aromatic N) is 1. The SMILES string of the molecule is CN1C(=O)c2ccccc2Sc2ccc(NC(=O)CCc3ccccc3)cc21. The molecule has 0 bridgehead atoms. The van der Waals surface area contributed by atoms with Crippen LogP contribution in [0.1, 0.15) is 22.3 Å². The molecule has 1 N–H and O–H groups in total. The average molecular weight is 388 g/mol. The molecular formula is C23H20N2O2S. The first kappa shape index (κ1) is 18.3. The fourth-order valence-electron chi connectivity index (χ4n) is 3.21. The Morgan fingerprint density at radius 1 is 0.964 bits per heavy atom. The van der Waals surface area contributed by atoms with Crippen molar-refractivity contribution in [2.45, 2.75) is 22.6 Å². The lowest BCUT2D eigenvalue weighted by Gasteiger charge is -2.18. The Labute approximate surface area is 168 Å². The minimum Gasteiger partial charge on any atom is -0.326 e. The maximum absolute atomic E-state index is 12.8. The van der Waals surface area contributed by atoms with Gasteiger partial charge >= 0.3 is 0 Å². The first-order valence-corrected chi connectivity index (χ1v) is 9.96. The molecule has 1 aliphatic heterocycles. The van der Waals surface area contributed by atoms with Crippen molar-refractivity contribution in [3.63, 3.8) is 0 Å². The molecule has 0 saturated heterocycles. The highest BCUT2D eigenvalue weighted by Gasteiger charge is 2.24. The molecule has 0 radical (unpaired) electrons. The number of amides is 2. The molecule has 4 nitrogen and oxygen atoms in total. The summed E-state index contributed by atoms with van der Waals surface area (Å²) in [4.78, 5) is 28.7. The molecule has 140 valence electrons. The molecule has 5 heteroatoms. The molecule has 0 atom stereocenters. The smallest absolute Gasteiger partial charge is 0.259 e. The fourth-order valence-corrected chi connectivity index (χ4v) is 4.30. The third kappa shape index (κ3) is 3.80. The van der Waals surface area contributed by atoms with Gasteiger partial charge in [-0.15, -0.1) is 0 Å². The van der Waals surface area contributed by atoms with E-state index >= 15 is 0 Å². The zero-order valence-electron chi connectivity index (χ0n) is 15.5. The quantitative estimate of drug-likeness (QED) is 0.684. The van der Waals surface area contributed by atoms with Crippen molar-refractivity contribution in [3.8, 4) is 0 Å². The van der Waals surface area contributed by atoms with Gasteiger partial charge in [0, 0.05) is 28.9 Å². The van der Waals surface area contributed by atoms with Crippen molar-refractivity contribution in [1.82, 2.24) is 0 Å². The van der Waals surface area contributed by atoms with Crippen molar-refractivity contribution in [2.75, 3.05) is 17.3 Å². The van der Waals surface area contributed by atoms with Gasteiger partial charge in [0.2, 0.25) is 5.91 Å². The van der Waals surface area contributed by atoms with Crippen LogP contribution in [0.4, 0.5) is 11.4 Å². The van der Waals surface area contributed by atoms with Crippen molar-refractivity contribution in [1.29, 1.82) is 0 Å². The second-order valence-corrected chi connectivity index (χ2v) is 7.76. The third-order valence-electron chi connectivity index (χ3n) is 4.73. The minimum absolute atomic E-state index is 0.0395. The van der Waals surface area contributed by atoms with E-state index in [0.717, 1.165) is 21.0 Å². The van der Waals surface area contributed by atoms with Crippen LogP contribution in [0.25, 0.3) is 0 Å². The van der Waals surface area contributed by atoms with Gasteiger partial charge in [0.05, 0.1) is 11.3 Å². The van der Waals surface area contributed by atoms with Gasteiger partial charge in [0.15, 0.2) is 0 Å². The number of nitrogens with one attached hydrogen (secondary N) is 1. The molecule has 0 fully saturated rings. The van der Waals surface area contributed by atoms with Gasteiger partial charge in [-0.05, 0) is 42.3 Å². The van der Waals surface area contributed by atoms with Crippen LogP contribution in [0.5, 0.6) is 0 Å². The van der Waals surface area contributed by atoms with Gasteiger partial charge in [-0.1, -0.05) is 54.2 Å². The van der Waals surface area contributed by atoms with Crippen LogP contribution in [0.3, 0.4) is 0 Å². The summed E-state index contributed by atoms with van der Waals surface area (Å²) < 4.78 is 0. The standard InChI is InChI=1S/C23H20N2O2S/c1-25-19-15-17(24-22(26)14-11-16-7-3-2-4-8-16)12-13-21(19)28-20-10-6-5-9-18(20)23(25)27/h2-10,12-13,15H,11,14H2,1H3,(H,24,26). The summed E-state index contributed by atoms with van der Waals surface area (Å²) >= 11 is 1.57. The second kappa shape index (κ2) is 7.90. The molecule has 0 aliphatic carbocycles. The highest BCUT2D eigenvalue weighted by atomic mass is 32.2. The van der Waals surface area contributed by atoms with Gasteiger partial charge in [-0.3, -0.25) is 9.59 Å². The maximum Gasteiger partial charge on any atom is 0.259 e. The Morgan fingerprint density at radius 3 is 2.54 bits per heavy atom. The molecule has 1 heterocycles. The van der Waals surface area contributed by atoms with Gasteiger partial charge in [-0.25, -0.2) is 0 Å². The molecule has 4 rings (SSSR count). The van der Waals surface area contributed by atoms with Gasteiger partial charge < -0.3 is 10.2 Å². The Kier molecular flexibility index (Phi) is 5.17. The number of hydrogen-bond acceptors (Lipinski definition) is 3. The summed E-state index contributed by atoms with van der Waals surface area (Å²) in [6.45, 7) is 0. The molecule has 2 amide bonds. The lowest BCUT2D eigenvalue weighted by atomic mass is 10.1. The van der Waals surface area contributed by atoms with Crippen molar-refractivity contribution in [3.05, 3.63) is 83.9 Å². The number of fused-ring (bicyclic) bond motifs is 2. The maximum atomic E-state index is 12.8. The van der Waals surface area contributed by atoms with Gasteiger partial charge in [0.25, 0.3) is 5.91 Å². The summed E-state index contributed by atoms with van der Waals surface area (Å²) in [6.07, 6.45) is 1.11. The third-order valence-corrected chi connectivity index (χ3v) is 5.87. The zero-order chi connectivity index (χ0) is 19.5. The van der Waals surface area contributed by atoms with Crippen LogP contribution in [0, 0.1) is 0 Å². The molecule has 28 heavy (non-hydrogen) atoms. The molecule has 0 unspecified atom stereocenters. The highest BCUT2D eigenvalue weighted by Crippen LogP contribution is 2.41. The summed E-state index contributed by atoms with van der Waals surface area (Å²) in [6, 6.07) is 23.3. The molecule has 3 aromatic carbocycles. The fraction of sp³-hybridized carbons (Fsp3) is 0.130. The molecule has 1 aliphatic rings. The summed E-state index contributed by atoms with van der Waals surface area (Å²) in [7, 11) is 1.77. The van der Waals surface area contributed by atoms with E-state index in [1.54, 1.807) is 23.7 Å². The number of aryl methyl sites for hydroxylation is 1. The molecule has 0 saturated carbocycles. The van der Waals surface area contributed by atoms with Crippen LogP contribution >= 0.6 is 11.8 Å². The van der Waals surface area contributed by atoms with Crippen LogP contribution in [0.2, 0.25) is 0 Å². The lowest BCUT2D eigenvalue weighted by molar-refractivity contribution is -0.116. The topological polar surface area (TPSA) is 49.4 Å². The molecule has 0 spiro atoms. The largest absolute Gasteiger partial charge is 0.326 e. The summed E-state index contributed by atoms with van der Waals surface area (Å²) in [5, 5.41) is 2.95. The van der Waals surface area contributed by atoms with Gasteiger partial charge in [0.1, 0.15) is 0 Å². The van der Waals surface area contributed by atoms with Crippen molar-refractivity contribution in [2.24, 2.45) is 0 Å². The van der Waals surface area contributed by atoms with Gasteiger partial charge in [-0.2, -0.15) is 0 Å². The highest BCUT2D eigenvalue weighted by molar-refractivity contribution is 7.99. The number of hydrogen-bond donors (Lipinski definition) is 1. The Bertz CT molecular complexity index is 1030.